The Hall–Kier alpha value is -1.35. The zero-order chi connectivity index (χ0) is 12.8. The Morgan fingerprint density at radius 1 is 1.39 bits per heavy atom. The van der Waals surface area contributed by atoms with Gasteiger partial charge in [-0.3, -0.25) is 0 Å². The first-order chi connectivity index (χ1) is 8.75. The van der Waals surface area contributed by atoms with Crippen molar-refractivity contribution in [3.63, 3.8) is 0 Å². The lowest BCUT2D eigenvalue weighted by atomic mass is 10.2. The van der Waals surface area contributed by atoms with E-state index in [-0.39, 0.29) is 0 Å². The Labute approximate surface area is 110 Å². The lowest BCUT2D eigenvalue weighted by Gasteiger charge is -2.24. The van der Waals surface area contributed by atoms with Crippen LogP contribution >= 0.6 is 0 Å². The van der Waals surface area contributed by atoms with Crippen molar-refractivity contribution in [2.45, 2.75) is 26.8 Å². The van der Waals surface area contributed by atoms with Crippen molar-refractivity contribution < 1.29 is 0 Å². The van der Waals surface area contributed by atoms with E-state index >= 15 is 0 Å². The molecule has 3 heteroatoms. The fraction of sp³-hybridized carbons (Fsp3) is 0.533. The molecule has 2 heterocycles. The zero-order valence-electron chi connectivity index (χ0n) is 11.4. The molecule has 1 aromatic heterocycles. The number of hydrogen-bond acceptors (Lipinski definition) is 3. The smallest absolute Gasteiger partial charge is 0.129 e. The number of rotatable bonds is 5. The Morgan fingerprint density at radius 2 is 2.28 bits per heavy atom. The van der Waals surface area contributed by atoms with Gasteiger partial charge in [0.2, 0.25) is 0 Å². The van der Waals surface area contributed by atoms with Crippen LogP contribution in [-0.4, -0.2) is 24.6 Å². The van der Waals surface area contributed by atoms with E-state index in [0.717, 1.165) is 38.4 Å². The molecule has 0 fully saturated rings. The highest BCUT2D eigenvalue weighted by Crippen LogP contribution is 2.15. The molecule has 0 spiro atoms. The van der Waals surface area contributed by atoms with Gasteiger partial charge in [0, 0.05) is 25.8 Å². The van der Waals surface area contributed by atoms with Gasteiger partial charge in [0.05, 0.1) is 0 Å². The molecule has 0 saturated carbocycles. The summed E-state index contributed by atoms with van der Waals surface area (Å²) in [4.78, 5) is 6.80. The molecule has 0 radical (unpaired) electrons. The van der Waals surface area contributed by atoms with E-state index in [4.69, 9.17) is 0 Å². The van der Waals surface area contributed by atoms with Crippen molar-refractivity contribution in [1.82, 2.24) is 10.3 Å². The summed E-state index contributed by atoms with van der Waals surface area (Å²) in [6.07, 6.45) is 7.50. The van der Waals surface area contributed by atoms with Crippen molar-refractivity contribution in [3.8, 4) is 0 Å². The third-order valence-electron chi connectivity index (χ3n) is 3.07. The summed E-state index contributed by atoms with van der Waals surface area (Å²) in [6, 6.07) is 4.29. The Kier molecular flexibility index (Phi) is 4.76. The Morgan fingerprint density at radius 3 is 3.00 bits per heavy atom. The van der Waals surface area contributed by atoms with Gasteiger partial charge >= 0.3 is 0 Å². The fourth-order valence-corrected chi connectivity index (χ4v) is 2.10. The second-order valence-corrected chi connectivity index (χ2v) is 5.25. The summed E-state index contributed by atoms with van der Waals surface area (Å²) in [5.41, 5.74) is 1.32. The summed E-state index contributed by atoms with van der Waals surface area (Å²) in [6.45, 7) is 8.50. The molecule has 18 heavy (non-hydrogen) atoms. The molecule has 2 rings (SSSR count). The number of anilines is 1. The van der Waals surface area contributed by atoms with Gasteiger partial charge in [-0.1, -0.05) is 26.0 Å². The van der Waals surface area contributed by atoms with E-state index in [1.54, 1.807) is 0 Å². The number of nitrogens with one attached hydrogen (secondary N) is 1. The van der Waals surface area contributed by atoms with Crippen molar-refractivity contribution >= 4 is 5.82 Å². The van der Waals surface area contributed by atoms with Crippen molar-refractivity contribution in [3.05, 3.63) is 36.0 Å². The van der Waals surface area contributed by atoms with E-state index in [1.165, 1.54) is 5.56 Å². The average Bonchev–Trinajstić information content (AvgIpc) is 2.40. The first-order valence-corrected chi connectivity index (χ1v) is 6.81. The predicted molar refractivity (Wildman–Crippen MR) is 76.8 cm³/mol. The monoisotopic (exact) mass is 245 g/mol. The first-order valence-electron chi connectivity index (χ1n) is 6.81. The SMILES string of the molecule is CC(C)CNCc1ccnc(N2CC=CCC2)c1. The molecule has 0 aromatic carbocycles. The molecule has 0 aliphatic carbocycles. The lowest BCUT2D eigenvalue weighted by molar-refractivity contribution is 0.552. The topological polar surface area (TPSA) is 28.2 Å². The molecule has 0 saturated heterocycles. The highest BCUT2D eigenvalue weighted by Gasteiger charge is 2.08. The predicted octanol–water partition coefficient (Wildman–Crippen LogP) is 2.59. The summed E-state index contributed by atoms with van der Waals surface area (Å²) < 4.78 is 0. The van der Waals surface area contributed by atoms with Crippen molar-refractivity contribution in [1.29, 1.82) is 0 Å². The van der Waals surface area contributed by atoms with E-state index in [2.05, 4.69) is 53.3 Å². The average molecular weight is 245 g/mol. The van der Waals surface area contributed by atoms with E-state index in [1.807, 2.05) is 6.20 Å². The van der Waals surface area contributed by atoms with Crippen LogP contribution in [0.2, 0.25) is 0 Å². The highest BCUT2D eigenvalue weighted by atomic mass is 15.2. The molecule has 98 valence electrons. The van der Waals surface area contributed by atoms with Gasteiger partial charge in [-0.15, -0.1) is 0 Å². The van der Waals surface area contributed by atoms with Crippen LogP contribution in [0.4, 0.5) is 5.82 Å². The van der Waals surface area contributed by atoms with Crippen LogP contribution in [0.5, 0.6) is 0 Å². The van der Waals surface area contributed by atoms with Gasteiger partial charge in [0.15, 0.2) is 0 Å². The minimum absolute atomic E-state index is 0.693. The van der Waals surface area contributed by atoms with E-state index in [0.29, 0.717) is 5.92 Å². The van der Waals surface area contributed by atoms with E-state index < -0.39 is 0 Å². The molecule has 0 amide bonds. The van der Waals surface area contributed by atoms with Gasteiger partial charge in [-0.05, 0) is 36.6 Å². The van der Waals surface area contributed by atoms with Crippen LogP contribution < -0.4 is 10.2 Å². The van der Waals surface area contributed by atoms with Gasteiger partial charge in [-0.25, -0.2) is 4.98 Å². The molecule has 1 N–H and O–H groups in total. The molecule has 1 aliphatic heterocycles. The highest BCUT2D eigenvalue weighted by molar-refractivity contribution is 5.42. The third-order valence-corrected chi connectivity index (χ3v) is 3.07. The second kappa shape index (κ2) is 6.55. The van der Waals surface area contributed by atoms with Gasteiger partial charge in [0.25, 0.3) is 0 Å². The van der Waals surface area contributed by atoms with Gasteiger partial charge in [0.1, 0.15) is 5.82 Å². The normalized spacial score (nSPS) is 15.4. The fourth-order valence-electron chi connectivity index (χ4n) is 2.10. The maximum atomic E-state index is 4.47. The number of hydrogen-bond donors (Lipinski definition) is 1. The minimum atomic E-state index is 0.693. The minimum Gasteiger partial charge on any atom is -0.353 e. The first kappa shape index (κ1) is 13.1. The van der Waals surface area contributed by atoms with Crippen LogP contribution in [-0.2, 0) is 6.54 Å². The maximum Gasteiger partial charge on any atom is 0.129 e. The summed E-state index contributed by atoms with van der Waals surface area (Å²) in [5, 5.41) is 3.47. The molecule has 1 aliphatic rings. The molecule has 0 bridgehead atoms. The lowest BCUT2D eigenvalue weighted by Crippen LogP contribution is -2.27. The van der Waals surface area contributed by atoms with Gasteiger partial charge in [-0.2, -0.15) is 0 Å². The Balaban J connectivity index is 1.94. The maximum absolute atomic E-state index is 4.47. The van der Waals surface area contributed by atoms with Crippen LogP contribution in [0.15, 0.2) is 30.5 Å². The molecule has 0 atom stereocenters. The molecular weight excluding hydrogens is 222 g/mol. The van der Waals surface area contributed by atoms with E-state index in [9.17, 15) is 0 Å². The Bertz CT molecular complexity index is 398. The van der Waals surface area contributed by atoms with Crippen LogP contribution in [0.1, 0.15) is 25.8 Å². The molecule has 1 aromatic rings. The summed E-state index contributed by atoms with van der Waals surface area (Å²) in [7, 11) is 0. The summed E-state index contributed by atoms with van der Waals surface area (Å²) in [5.74, 6) is 1.79. The quantitative estimate of drug-likeness (QED) is 0.808. The standard InChI is InChI=1S/C15H23N3/c1-13(2)11-16-12-14-6-7-17-15(10-14)18-8-4-3-5-9-18/h3-4,6-7,10,13,16H,5,8-9,11-12H2,1-2H3. The summed E-state index contributed by atoms with van der Waals surface area (Å²) >= 11 is 0. The zero-order valence-corrected chi connectivity index (χ0v) is 11.4. The van der Waals surface area contributed by atoms with Crippen LogP contribution in [0.3, 0.4) is 0 Å². The van der Waals surface area contributed by atoms with Crippen molar-refractivity contribution in [2.75, 3.05) is 24.5 Å². The van der Waals surface area contributed by atoms with Crippen molar-refractivity contribution in [2.24, 2.45) is 5.92 Å². The molecule has 3 nitrogen and oxygen atoms in total. The third kappa shape index (κ3) is 3.84. The largest absolute Gasteiger partial charge is 0.353 e. The number of nitrogens with zero attached hydrogens (tertiary/aromatic N) is 2. The van der Waals surface area contributed by atoms with Crippen LogP contribution in [0, 0.1) is 5.92 Å². The van der Waals surface area contributed by atoms with Gasteiger partial charge < -0.3 is 10.2 Å². The molecule has 0 unspecified atom stereocenters. The number of aromatic nitrogens is 1. The molecular formula is C15H23N3. The van der Waals surface area contributed by atoms with Crippen LogP contribution in [0.25, 0.3) is 0 Å². The number of pyridine rings is 1. The second-order valence-electron chi connectivity index (χ2n) is 5.25.